The Bertz CT molecular complexity index is 191. The molecule has 4 nitrogen and oxygen atoms in total. The number of carbonyl (C=O) groups excluding carboxylic acids is 1. The molecular formula is C8H15NO3. The quantitative estimate of drug-likeness (QED) is 0.641. The van der Waals surface area contributed by atoms with Gasteiger partial charge in [-0.05, 0) is 20.8 Å². The van der Waals surface area contributed by atoms with E-state index in [1.807, 2.05) is 6.92 Å². The molecule has 4 heteroatoms. The normalized spacial score (nSPS) is 33.7. The first-order valence-corrected chi connectivity index (χ1v) is 4.04. The molecule has 0 aromatic rings. The van der Waals surface area contributed by atoms with E-state index < -0.39 is 11.9 Å². The van der Waals surface area contributed by atoms with Gasteiger partial charge in [-0.25, -0.2) is 0 Å². The summed E-state index contributed by atoms with van der Waals surface area (Å²) in [6, 6.07) is 0. The van der Waals surface area contributed by atoms with Crippen molar-refractivity contribution in [3.8, 4) is 0 Å². The van der Waals surface area contributed by atoms with Crippen LogP contribution in [0.15, 0.2) is 0 Å². The number of hydrogen-bond acceptors (Lipinski definition) is 4. The highest BCUT2D eigenvalue weighted by Crippen LogP contribution is 2.27. The maximum atomic E-state index is 11.2. The molecule has 0 bridgehead atoms. The van der Waals surface area contributed by atoms with Crippen LogP contribution < -0.4 is 5.73 Å². The third-order valence-corrected chi connectivity index (χ3v) is 1.83. The second-order valence-corrected chi connectivity index (χ2v) is 3.43. The van der Waals surface area contributed by atoms with Crippen LogP contribution in [0.3, 0.4) is 0 Å². The third kappa shape index (κ3) is 1.83. The van der Waals surface area contributed by atoms with Crippen LogP contribution in [0, 0.1) is 0 Å². The van der Waals surface area contributed by atoms with Crippen LogP contribution in [0.25, 0.3) is 0 Å². The minimum absolute atomic E-state index is 0.00838. The highest BCUT2D eigenvalue weighted by Gasteiger charge is 2.41. The van der Waals surface area contributed by atoms with Gasteiger partial charge in [-0.1, -0.05) is 0 Å². The average Bonchev–Trinajstić information content (AvgIpc) is 2.23. The Morgan fingerprint density at radius 2 is 2.08 bits per heavy atom. The zero-order valence-corrected chi connectivity index (χ0v) is 7.66. The number of nitrogens with two attached hydrogens (primary N) is 1. The van der Waals surface area contributed by atoms with Crippen LogP contribution in [0.2, 0.25) is 0 Å². The van der Waals surface area contributed by atoms with Gasteiger partial charge < -0.3 is 15.2 Å². The molecule has 0 radical (unpaired) electrons. The molecule has 0 unspecified atom stereocenters. The van der Waals surface area contributed by atoms with Crippen LogP contribution >= 0.6 is 0 Å². The average molecular weight is 173 g/mol. The smallest absolute Gasteiger partial charge is 0.177 e. The number of Topliss-reactive ketones (excluding diaryl/α,β-unsaturated/α-hetero) is 1. The summed E-state index contributed by atoms with van der Waals surface area (Å²) in [6.45, 7) is 5.39. The highest BCUT2D eigenvalue weighted by molar-refractivity contribution is 5.85. The number of ether oxygens (including phenoxy) is 2. The molecule has 0 saturated carbocycles. The molecule has 1 aliphatic rings. The fraction of sp³-hybridized carbons (Fsp3) is 0.875. The molecule has 0 spiro atoms. The minimum Gasteiger partial charge on any atom is -0.344 e. The molecule has 1 aliphatic heterocycles. The molecule has 0 aliphatic carbocycles. The van der Waals surface area contributed by atoms with Crippen molar-refractivity contribution in [2.45, 2.75) is 38.8 Å². The van der Waals surface area contributed by atoms with E-state index >= 15 is 0 Å². The summed E-state index contributed by atoms with van der Waals surface area (Å²) >= 11 is 0. The molecule has 70 valence electrons. The topological polar surface area (TPSA) is 61.5 Å². The zero-order chi connectivity index (χ0) is 9.35. The van der Waals surface area contributed by atoms with Crippen molar-refractivity contribution in [1.82, 2.24) is 0 Å². The molecule has 1 rings (SSSR count). The van der Waals surface area contributed by atoms with Crippen molar-refractivity contribution in [2.24, 2.45) is 5.73 Å². The van der Waals surface area contributed by atoms with Gasteiger partial charge >= 0.3 is 0 Å². The SMILES string of the molecule is C[C@@H]1OC(C)(C)O[C@@H]1C(=O)CN. The number of rotatable bonds is 2. The predicted molar refractivity (Wildman–Crippen MR) is 43.6 cm³/mol. The molecule has 1 saturated heterocycles. The molecule has 0 aromatic carbocycles. The molecular weight excluding hydrogens is 158 g/mol. The lowest BCUT2D eigenvalue weighted by Crippen LogP contribution is -2.34. The van der Waals surface area contributed by atoms with Crippen molar-refractivity contribution in [1.29, 1.82) is 0 Å². The van der Waals surface area contributed by atoms with E-state index in [-0.39, 0.29) is 18.4 Å². The van der Waals surface area contributed by atoms with Gasteiger partial charge in [0, 0.05) is 0 Å². The lowest BCUT2D eigenvalue weighted by atomic mass is 10.1. The first-order chi connectivity index (χ1) is 5.46. The predicted octanol–water partition coefficient (Wildman–Crippen LogP) is 0.0542. The molecule has 0 amide bonds. The molecule has 2 N–H and O–H groups in total. The largest absolute Gasteiger partial charge is 0.344 e. The van der Waals surface area contributed by atoms with Crippen molar-refractivity contribution in [3.63, 3.8) is 0 Å². The van der Waals surface area contributed by atoms with Crippen LogP contribution in [0.5, 0.6) is 0 Å². The van der Waals surface area contributed by atoms with Gasteiger partial charge in [0.15, 0.2) is 11.6 Å². The Morgan fingerprint density at radius 1 is 1.50 bits per heavy atom. The third-order valence-electron chi connectivity index (χ3n) is 1.83. The monoisotopic (exact) mass is 173 g/mol. The first-order valence-electron chi connectivity index (χ1n) is 4.04. The van der Waals surface area contributed by atoms with Crippen molar-refractivity contribution < 1.29 is 14.3 Å². The van der Waals surface area contributed by atoms with Crippen LogP contribution in [-0.4, -0.2) is 30.3 Å². The van der Waals surface area contributed by atoms with E-state index in [4.69, 9.17) is 15.2 Å². The summed E-state index contributed by atoms with van der Waals surface area (Å²) in [6.07, 6.45) is -0.693. The molecule has 0 aromatic heterocycles. The summed E-state index contributed by atoms with van der Waals surface area (Å²) in [5, 5.41) is 0. The first kappa shape index (κ1) is 9.64. The maximum absolute atomic E-state index is 11.2. The zero-order valence-electron chi connectivity index (χ0n) is 7.66. The summed E-state index contributed by atoms with van der Waals surface area (Å²) in [4.78, 5) is 11.2. The van der Waals surface area contributed by atoms with Crippen molar-refractivity contribution in [2.75, 3.05) is 6.54 Å². The molecule has 2 atom stereocenters. The molecule has 1 fully saturated rings. The Morgan fingerprint density at radius 3 is 2.42 bits per heavy atom. The maximum Gasteiger partial charge on any atom is 0.177 e. The summed E-state index contributed by atoms with van der Waals surface area (Å²) < 4.78 is 10.7. The Hall–Kier alpha value is -0.450. The fourth-order valence-electron chi connectivity index (χ4n) is 1.38. The second-order valence-electron chi connectivity index (χ2n) is 3.43. The Labute approximate surface area is 72.0 Å². The van der Waals surface area contributed by atoms with Crippen molar-refractivity contribution >= 4 is 5.78 Å². The molecule has 1 heterocycles. The van der Waals surface area contributed by atoms with Gasteiger partial charge in [-0.3, -0.25) is 4.79 Å². The van der Waals surface area contributed by atoms with E-state index in [0.717, 1.165) is 0 Å². The van der Waals surface area contributed by atoms with E-state index in [1.165, 1.54) is 0 Å². The lowest BCUT2D eigenvalue weighted by molar-refractivity contribution is -0.153. The summed E-state index contributed by atoms with van der Waals surface area (Å²) in [5.41, 5.74) is 5.22. The number of carbonyl (C=O) groups is 1. The van der Waals surface area contributed by atoms with Crippen LogP contribution in [0.4, 0.5) is 0 Å². The van der Waals surface area contributed by atoms with Crippen molar-refractivity contribution in [3.05, 3.63) is 0 Å². The van der Waals surface area contributed by atoms with E-state index in [0.29, 0.717) is 0 Å². The fourth-order valence-corrected chi connectivity index (χ4v) is 1.38. The van der Waals surface area contributed by atoms with E-state index in [2.05, 4.69) is 0 Å². The standard InChI is InChI=1S/C8H15NO3/c1-5-7(6(10)4-9)12-8(2,3)11-5/h5,7H,4,9H2,1-3H3/t5-,7-/m0/s1. The summed E-state index contributed by atoms with van der Waals surface area (Å²) in [7, 11) is 0. The number of ketones is 1. The van der Waals surface area contributed by atoms with Gasteiger partial charge in [-0.2, -0.15) is 0 Å². The second kappa shape index (κ2) is 3.12. The van der Waals surface area contributed by atoms with Gasteiger partial charge in [0.1, 0.15) is 6.10 Å². The lowest BCUT2D eigenvalue weighted by Gasteiger charge is -2.16. The molecule has 12 heavy (non-hydrogen) atoms. The van der Waals surface area contributed by atoms with Gasteiger partial charge in [0.25, 0.3) is 0 Å². The van der Waals surface area contributed by atoms with E-state index in [9.17, 15) is 4.79 Å². The van der Waals surface area contributed by atoms with Gasteiger partial charge in [0.2, 0.25) is 0 Å². The number of hydrogen-bond donors (Lipinski definition) is 1. The van der Waals surface area contributed by atoms with Gasteiger partial charge in [-0.15, -0.1) is 0 Å². The van der Waals surface area contributed by atoms with E-state index in [1.54, 1.807) is 13.8 Å². The Kier molecular flexibility index (Phi) is 2.51. The van der Waals surface area contributed by atoms with Crippen LogP contribution in [-0.2, 0) is 14.3 Å². The highest BCUT2D eigenvalue weighted by atomic mass is 16.8. The minimum atomic E-state index is -0.658. The Balaban J connectivity index is 2.64. The van der Waals surface area contributed by atoms with Crippen LogP contribution in [0.1, 0.15) is 20.8 Å². The van der Waals surface area contributed by atoms with Gasteiger partial charge in [0.05, 0.1) is 12.6 Å². The summed E-state index contributed by atoms with van der Waals surface area (Å²) in [5.74, 6) is -0.761.